The van der Waals surface area contributed by atoms with Crippen molar-refractivity contribution in [3.63, 3.8) is 0 Å². The summed E-state index contributed by atoms with van der Waals surface area (Å²) in [5.74, 6) is 1.74. The van der Waals surface area contributed by atoms with Crippen LogP contribution in [0.5, 0.6) is 0 Å². The van der Waals surface area contributed by atoms with Crippen LogP contribution in [0.3, 0.4) is 0 Å². The largest absolute Gasteiger partial charge is 0.294 e. The van der Waals surface area contributed by atoms with E-state index in [2.05, 4.69) is 75.5 Å². The van der Waals surface area contributed by atoms with Crippen LogP contribution in [0.25, 0.3) is 77.6 Å². The second-order valence-electron chi connectivity index (χ2n) is 14.4. The van der Waals surface area contributed by atoms with Gasteiger partial charge in [0.25, 0.3) is 0 Å². The van der Waals surface area contributed by atoms with Gasteiger partial charge in [-0.05, 0) is 98.8 Å². The average Bonchev–Trinajstić information content (AvgIpc) is 3.91. The number of imidazole rings is 2. The van der Waals surface area contributed by atoms with E-state index in [1.165, 1.54) is 27.6 Å². The first-order chi connectivity index (χ1) is 27.6. The Morgan fingerprint density at radius 1 is 0.509 bits per heavy atom. The number of sulfone groups is 2. The van der Waals surface area contributed by atoms with Crippen molar-refractivity contribution >= 4 is 68.4 Å². The summed E-state index contributed by atoms with van der Waals surface area (Å²) in [7, 11) is -7.21. The molecule has 0 amide bonds. The second kappa shape index (κ2) is 12.1. The molecule has 0 saturated carbocycles. The third-order valence-electron chi connectivity index (χ3n) is 11.4. The van der Waals surface area contributed by atoms with Crippen molar-refractivity contribution < 1.29 is 16.8 Å². The first-order valence-electron chi connectivity index (χ1n) is 18.7. The maximum atomic E-state index is 13.9. The van der Waals surface area contributed by atoms with Gasteiger partial charge >= 0.3 is 0 Å². The molecule has 8 nitrogen and oxygen atoms in total. The number of hydrogen-bond donors (Lipinski definition) is 0. The quantitative estimate of drug-likeness (QED) is 0.175. The van der Waals surface area contributed by atoms with E-state index >= 15 is 0 Å². The molecule has 0 saturated heterocycles. The number of halogens is 1. The van der Waals surface area contributed by atoms with Crippen LogP contribution in [-0.2, 0) is 32.5 Å². The van der Waals surface area contributed by atoms with E-state index in [4.69, 9.17) is 4.98 Å². The molecule has 0 radical (unpaired) electrons. The van der Waals surface area contributed by atoms with Crippen LogP contribution >= 0.6 is 15.9 Å². The van der Waals surface area contributed by atoms with E-state index in [0.717, 1.165) is 50.1 Å². The van der Waals surface area contributed by atoms with Crippen LogP contribution in [0.4, 0.5) is 0 Å². The van der Waals surface area contributed by atoms with Gasteiger partial charge < -0.3 is 0 Å². The smallest absolute Gasteiger partial charge is 0.210 e. The van der Waals surface area contributed by atoms with Crippen molar-refractivity contribution in [2.24, 2.45) is 0 Å². The zero-order valence-corrected chi connectivity index (χ0v) is 33.9. The molecule has 2 aliphatic heterocycles. The Morgan fingerprint density at radius 2 is 1.02 bits per heavy atom. The molecule has 7 aromatic carbocycles. The highest BCUT2D eigenvalue weighted by atomic mass is 79.9. The highest BCUT2D eigenvalue weighted by Gasteiger charge is 2.35. The first-order valence-corrected chi connectivity index (χ1v) is 22.5. The Labute approximate surface area is 337 Å². The van der Waals surface area contributed by atoms with Crippen molar-refractivity contribution in [1.29, 1.82) is 0 Å². The third kappa shape index (κ3) is 4.64. The number of aryl methyl sites for hydroxylation is 2. The number of hydrogen-bond acceptors (Lipinski definition) is 6. The second-order valence-corrected chi connectivity index (χ2v) is 19.1. The predicted octanol–water partition coefficient (Wildman–Crippen LogP) is 10.7. The maximum Gasteiger partial charge on any atom is 0.210 e. The summed E-state index contributed by atoms with van der Waals surface area (Å²) in [4.78, 5) is 10.6. The molecule has 57 heavy (non-hydrogen) atoms. The number of aromatic nitrogens is 4. The van der Waals surface area contributed by atoms with Gasteiger partial charge in [-0.1, -0.05) is 103 Å². The van der Waals surface area contributed by atoms with Gasteiger partial charge in [-0.25, -0.2) is 26.8 Å². The molecule has 4 heterocycles. The van der Waals surface area contributed by atoms with E-state index in [-0.39, 0.29) is 0 Å². The third-order valence-corrected chi connectivity index (χ3v) is 15.6. The molecule has 2 aromatic heterocycles. The number of rotatable bonds is 3. The lowest BCUT2D eigenvalue weighted by Crippen LogP contribution is -2.16. The molecule has 0 fully saturated rings. The number of nitrogens with zero attached hydrogens (tertiary/aromatic N) is 4. The van der Waals surface area contributed by atoms with Gasteiger partial charge in [-0.2, -0.15) is 0 Å². The highest BCUT2D eigenvalue weighted by molar-refractivity contribution is 9.10. The fourth-order valence-electron chi connectivity index (χ4n) is 8.98. The molecule has 12 rings (SSSR count). The van der Waals surface area contributed by atoms with Gasteiger partial charge in [0.05, 0.1) is 53.0 Å². The Bertz CT molecular complexity index is 3470. The molecule has 0 unspecified atom stereocenters. The number of benzene rings is 7. The first kappa shape index (κ1) is 34.4. The minimum atomic E-state index is -3.69. The summed E-state index contributed by atoms with van der Waals surface area (Å²) < 4.78 is 58.2. The molecule has 278 valence electrons. The van der Waals surface area contributed by atoms with Crippen LogP contribution in [0.2, 0.25) is 0 Å². The van der Waals surface area contributed by atoms with Gasteiger partial charge in [-0.15, -0.1) is 0 Å². The standard InChI is InChI=1S/C31H20N2O2S.C15H11BrN2O2S/c1-2-29-32-25-11-6-12-27-31(25)33(29)26-16-13-18(17-28(26)36(27,34)35)19-14-15-24-21-8-4-3-7-20(21)23-10-5-9-22(19)30(23)24;1-2-14-17-10-4-3-5-12-15(10)18(14)11-7-6-9(16)8-13(11)21(12,19)20/h3-17H,2H2,1H3;3-8H,2H2,1H3. The molecule has 0 spiro atoms. The van der Waals surface area contributed by atoms with E-state index in [0.29, 0.717) is 48.4 Å². The summed E-state index contributed by atoms with van der Waals surface area (Å²) in [6.45, 7) is 4.07. The zero-order valence-electron chi connectivity index (χ0n) is 30.7. The summed E-state index contributed by atoms with van der Waals surface area (Å²) >= 11 is 3.36. The van der Waals surface area contributed by atoms with Gasteiger partial charge in [0, 0.05) is 17.3 Å². The lowest BCUT2D eigenvalue weighted by Gasteiger charge is -2.22. The lowest BCUT2D eigenvalue weighted by atomic mass is 9.94. The topological polar surface area (TPSA) is 104 Å². The van der Waals surface area contributed by atoms with E-state index in [9.17, 15) is 16.8 Å². The van der Waals surface area contributed by atoms with Crippen LogP contribution in [0.1, 0.15) is 25.5 Å². The SMILES string of the molecule is CCc1nc2cccc3c2n1-c1ccc(-c2ccc4c5c(cccc25)-c2ccccc2-4)cc1S3(=O)=O.CCc1nc2cccc3c2n1-c1ccc(Br)cc1S3(=O)=O. The van der Waals surface area contributed by atoms with Gasteiger partial charge in [0.1, 0.15) is 11.6 Å². The zero-order chi connectivity index (χ0) is 39.0. The molecular weight excluding hydrogens is 817 g/mol. The lowest BCUT2D eigenvalue weighted by molar-refractivity contribution is 0.592. The van der Waals surface area contributed by atoms with Gasteiger partial charge in [-0.3, -0.25) is 9.13 Å². The average molecular weight is 848 g/mol. The highest BCUT2D eigenvalue weighted by Crippen LogP contribution is 2.50. The summed E-state index contributed by atoms with van der Waals surface area (Å²) in [6.07, 6.45) is 1.45. The van der Waals surface area contributed by atoms with Crippen LogP contribution in [0, 0.1) is 0 Å². The molecule has 0 atom stereocenters. The molecule has 9 aromatic rings. The van der Waals surface area contributed by atoms with Crippen molar-refractivity contribution in [2.75, 3.05) is 0 Å². The minimum absolute atomic E-state index is 0.324. The Kier molecular flexibility index (Phi) is 7.28. The Balaban J connectivity index is 0.000000152. The van der Waals surface area contributed by atoms with Crippen molar-refractivity contribution in [1.82, 2.24) is 19.1 Å². The molecular formula is C46H31BrN4O4S2. The van der Waals surface area contributed by atoms with Crippen molar-refractivity contribution in [2.45, 2.75) is 46.3 Å². The normalized spacial score (nSPS) is 14.6. The van der Waals surface area contributed by atoms with E-state index in [1.807, 2.05) is 65.4 Å². The van der Waals surface area contributed by atoms with Gasteiger partial charge in [0.2, 0.25) is 19.7 Å². The van der Waals surface area contributed by atoms with Crippen LogP contribution in [0.15, 0.2) is 151 Å². The van der Waals surface area contributed by atoms with Crippen LogP contribution < -0.4 is 0 Å². The molecule has 1 aliphatic carbocycles. The summed E-state index contributed by atoms with van der Waals surface area (Å²) in [5.41, 5.74) is 11.0. The Hall–Kier alpha value is -5.88. The van der Waals surface area contributed by atoms with Gasteiger partial charge in [0.15, 0.2) is 0 Å². The molecule has 3 aliphatic rings. The fourth-order valence-corrected chi connectivity index (χ4v) is 12.8. The number of fused-ring (bicyclic) bond motifs is 7. The monoisotopic (exact) mass is 846 g/mol. The van der Waals surface area contributed by atoms with Crippen molar-refractivity contribution in [3.8, 4) is 44.8 Å². The summed E-state index contributed by atoms with van der Waals surface area (Å²) in [6, 6.07) is 41.0. The van der Waals surface area contributed by atoms with Crippen LogP contribution in [-0.4, -0.2) is 35.9 Å². The Morgan fingerprint density at radius 3 is 1.61 bits per heavy atom. The summed E-state index contributed by atoms with van der Waals surface area (Å²) in [5, 5.41) is 2.36. The van der Waals surface area contributed by atoms with E-state index < -0.39 is 19.7 Å². The fraction of sp³-hybridized carbons (Fsp3) is 0.0870. The molecule has 11 heteroatoms. The predicted molar refractivity (Wildman–Crippen MR) is 227 cm³/mol. The molecule has 0 bridgehead atoms. The van der Waals surface area contributed by atoms with E-state index in [1.54, 1.807) is 30.3 Å². The molecule has 0 N–H and O–H groups in total. The number of para-hydroxylation sites is 2. The maximum absolute atomic E-state index is 13.9. The van der Waals surface area contributed by atoms with Crippen molar-refractivity contribution in [3.05, 3.63) is 144 Å². The minimum Gasteiger partial charge on any atom is -0.294 e.